The van der Waals surface area contributed by atoms with Crippen molar-refractivity contribution in [2.75, 3.05) is 0 Å². The number of halogens is 4. The number of alkyl halides is 3. The van der Waals surface area contributed by atoms with Crippen molar-refractivity contribution in [1.82, 2.24) is 4.98 Å². The summed E-state index contributed by atoms with van der Waals surface area (Å²) in [4.78, 5) is 3.78. The minimum Gasteiger partial charge on any atom is -0.252 e. The van der Waals surface area contributed by atoms with Crippen LogP contribution in [0.2, 0.25) is 5.02 Å². The molecule has 0 aliphatic heterocycles. The standard InChI is InChI=1S/C12H5ClF3N/c1-6-7(2)17-10-5-8(12(14,15)16)3-4-9(10)11(6)13/h1-5H. The molecule has 0 atom stereocenters. The van der Waals surface area contributed by atoms with Gasteiger partial charge in [-0.2, -0.15) is 13.2 Å². The van der Waals surface area contributed by atoms with Crippen LogP contribution < -0.4 is 0 Å². The molecule has 0 unspecified atom stereocenters. The summed E-state index contributed by atoms with van der Waals surface area (Å²) in [5.41, 5.74) is -0.755. The van der Waals surface area contributed by atoms with Crippen molar-refractivity contribution in [2.24, 2.45) is 0 Å². The number of aromatic nitrogens is 1. The molecule has 2 aromatic rings. The van der Waals surface area contributed by atoms with Crippen LogP contribution in [0.3, 0.4) is 0 Å². The predicted octanol–water partition coefficient (Wildman–Crippen LogP) is 4.03. The van der Waals surface area contributed by atoms with Crippen LogP contribution in [0.25, 0.3) is 10.9 Å². The molecule has 0 aliphatic carbocycles. The van der Waals surface area contributed by atoms with Crippen LogP contribution in [-0.4, -0.2) is 4.98 Å². The largest absolute Gasteiger partial charge is 0.416 e. The number of hydrogen-bond acceptors (Lipinski definition) is 1. The van der Waals surface area contributed by atoms with E-state index in [2.05, 4.69) is 4.98 Å². The highest BCUT2D eigenvalue weighted by Gasteiger charge is 2.30. The van der Waals surface area contributed by atoms with Crippen LogP contribution >= 0.6 is 11.6 Å². The summed E-state index contributed by atoms with van der Waals surface area (Å²) in [5.74, 6) is 0. The monoisotopic (exact) mass is 255 g/mol. The summed E-state index contributed by atoms with van der Waals surface area (Å²) < 4.78 is 37.4. The second kappa shape index (κ2) is 3.88. The van der Waals surface area contributed by atoms with E-state index in [1.165, 1.54) is 6.07 Å². The van der Waals surface area contributed by atoms with Crippen molar-refractivity contribution in [1.29, 1.82) is 0 Å². The highest BCUT2D eigenvalue weighted by Crippen LogP contribution is 2.34. The van der Waals surface area contributed by atoms with Gasteiger partial charge < -0.3 is 0 Å². The Morgan fingerprint density at radius 1 is 1.18 bits per heavy atom. The van der Waals surface area contributed by atoms with Gasteiger partial charge in [0.1, 0.15) is 0 Å². The molecule has 1 heterocycles. The maximum Gasteiger partial charge on any atom is 0.416 e. The van der Waals surface area contributed by atoms with Gasteiger partial charge in [0, 0.05) is 19.2 Å². The fourth-order valence-corrected chi connectivity index (χ4v) is 1.69. The fraction of sp³-hybridized carbons (Fsp3) is 0.0833. The number of nitrogens with zero attached hydrogens (tertiary/aromatic N) is 1. The molecular formula is C12H5ClF3N. The van der Waals surface area contributed by atoms with Gasteiger partial charge in [-0.15, -0.1) is 0 Å². The first-order chi connectivity index (χ1) is 7.80. The zero-order chi connectivity index (χ0) is 12.8. The molecule has 0 amide bonds. The summed E-state index contributed by atoms with van der Waals surface area (Å²) in [5, 5.41) is 0.451. The summed E-state index contributed by atoms with van der Waals surface area (Å²) in [6.07, 6.45) is -4.43. The Morgan fingerprint density at radius 2 is 1.82 bits per heavy atom. The topological polar surface area (TPSA) is 12.9 Å². The molecule has 0 N–H and O–H groups in total. The Bertz CT molecular complexity index is 590. The zero-order valence-corrected chi connectivity index (χ0v) is 9.10. The lowest BCUT2D eigenvalue weighted by Gasteiger charge is -2.10. The van der Waals surface area contributed by atoms with Crippen molar-refractivity contribution in [3.63, 3.8) is 0 Å². The molecule has 0 spiro atoms. The van der Waals surface area contributed by atoms with Crippen LogP contribution in [0.4, 0.5) is 13.2 Å². The van der Waals surface area contributed by atoms with Crippen molar-refractivity contribution >= 4 is 22.5 Å². The number of benzene rings is 1. The van der Waals surface area contributed by atoms with Crippen LogP contribution in [0.1, 0.15) is 16.8 Å². The van der Waals surface area contributed by atoms with E-state index in [4.69, 9.17) is 25.4 Å². The molecule has 0 saturated carbocycles. The van der Waals surface area contributed by atoms with E-state index in [9.17, 15) is 13.2 Å². The third kappa shape index (κ3) is 2.09. The van der Waals surface area contributed by atoms with Gasteiger partial charge in [-0.1, -0.05) is 17.7 Å². The van der Waals surface area contributed by atoms with Gasteiger partial charge in [-0.3, -0.25) is 4.98 Å². The van der Waals surface area contributed by atoms with Crippen molar-refractivity contribution in [3.05, 3.63) is 53.9 Å². The summed E-state index contributed by atoms with van der Waals surface area (Å²) in [7, 11) is 0. The summed E-state index contributed by atoms with van der Waals surface area (Å²) >= 11 is 5.87. The highest BCUT2D eigenvalue weighted by atomic mass is 35.5. The molecule has 5 heteroatoms. The van der Waals surface area contributed by atoms with Gasteiger partial charge in [-0.25, -0.2) is 0 Å². The fourth-order valence-electron chi connectivity index (χ4n) is 1.43. The van der Waals surface area contributed by atoms with E-state index < -0.39 is 11.7 Å². The maximum absolute atomic E-state index is 12.5. The molecular weight excluding hydrogens is 251 g/mol. The van der Waals surface area contributed by atoms with Gasteiger partial charge in [-0.05, 0) is 17.7 Å². The molecule has 2 rings (SSSR count). The lowest BCUT2D eigenvalue weighted by Crippen LogP contribution is -2.05. The van der Waals surface area contributed by atoms with E-state index in [1.54, 1.807) is 0 Å². The van der Waals surface area contributed by atoms with E-state index in [1.807, 2.05) is 0 Å². The Morgan fingerprint density at radius 3 is 2.41 bits per heavy atom. The molecule has 1 aromatic heterocycles. The van der Waals surface area contributed by atoms with Crippen LogP contribution in [0, 0.1) is 13.8 Å². The Kier molecular flexibility index (Phi) is 2.78. The number of hydrogen-bond donors (Lipinski definition) is 0. The van der Waals surface area contributed by atoms with E-state index in [0.29, 0.717) is 5.39 Å². The third-order valence-corrected chi connectivity index (χ3v) is 2.72. The summed E-state index contributed by atoms with van der Waals surface area (Å²) in [6, 6.07) is 3.03. The first-order valence-corrected chi connectivity index (χ1v) is 4.90. The first kappa shape index (κ1) is 12.2. The Balaban J connectivity index is 2.76. The molecule has 0 aliphatic rings. The van der Waals surface area contributed by atoms with Crippen molar-refractivity contribution in [2.45, 2.75) is 6.18 Å². The number of fused-ring (bicyclic) bond motifs is 1. The predicted molar refractivity (Wildman–Crippen MR) is 58.6 cm³/mol. The Hall–Kier alpha value is -1.29. The van der Waals surface area contributed by atoms with Gasteiger partial charge >= 0.3 is 6.18 Å². The normalized spacial score (nSPS) is 12.1. The van der Waals surface area contributed by atoms with Crippen molar-refractivity contribution < 1.29 is 13.2 Å². The molecule has 1 nitrogen and oxygen atoms in total. The van der Waals surface area contributed by atoms with E-state index in [0.717, 1.165) is 12.1 Å². The lowest BCUT2D eigenvalue weighted by atomic mass is 10.1. The molecule has 1 aromatic carbocycles. The van der Waals surface area contributed by atoms with Gasteiger partial charge in [0.2, 0.25) is 0 Å². The van der Waals surface area contributed by atoms with Gasteiger partial charge in [0.05, 0.1) is 21.8 Å². The third-order valence-electron chi connectivity index (χ3n) is 2.31. The Labute approximate surface area is 101 Å². The second-order valence-electron chi connectivity index (χ2n) is 3.45. The van der Waals surface area contributed by atoms with Gasteiger partial charge in [0.25, 0.3) is 0 Å². The van der Waals surface area contributed by atoms with Crippen LogP contribution in [-0.2, 0) is 6.18 Å². The van der Waals surface area contributed by atoms with E-state index in [-0.39, 0.29) is 21.8 Å². The quantitative estimate of drug-likeness (QED) is 0.693. The van der Waals surface area contributed by atoms with E-state index >= 15 is 0 Å². The maximum atomic E-state index is 12.5. The second-order valence-corrected chi connectivity index (χ2v) is 3.83. The van der Waals surface area contributed by atoms with Crippen molar-refractivity contribution in [3.8, 4) is 0 Å². The number of rotatable bonds is 0. The van der Waals surface area contributed by atoms with Crippen LogP contribution in [0.5, 0.6) is 0 Å². The lowest BCUT2D eigenvalue weighted by molar-refractivity contribution is -0.137. The molecule has 0 bridgehead atoms. The minimum absolute atomic E-state index is 0.0662. The minimum atomic E-state index is -4.43. The van der Waals surface area contributed by atoms with Crippen LogP contribution in [0.15, 0.2) is 18.2 Å². The smallest absolute Gasteiger partial charge is 0.252 e. The number of pyridine rings is 1. The van der Waals surface area contributed by atoms with Gasteiger partial charge in [0.15, 0.2) is 0 Å². The zero-order valence-electron chi connectivity index (χ0n) is 8.35. The highest BCUT2D eigenvalue weighted by molar-refractivity contribution is 6.36. The molecule has 17 heavy (non-hydrogen) atoms. The average molecular weight is 256 g/mol. The molecule has 0 fully saturated rings. The molecule has 4 radical (unpaired) electrons. The summed E-state index contributed by atoms with van der Waals surface area (Å²) in [6.45, 7) is 11.0. The first-order valence-electron chi connectivity index (χ1n) is 4.52. The molecule has 0 saturated heterocycles. The average Bonchev–Trinajstić information content (AvgIpc) is 2.24. The molecule has 86 valence electrons. The SMILES string of the molecule is [CH]c1nc2cc(C(F)(F)F)ccc2c(Cl)c1[CH].